The van der Waals surface area contributed by atoms with E-state index in [0.29, 0.717) is 19.7 Å². The minimum atomic E-state index is -0.403. The lowest BCUT2D eigenvalue weighted by Crippen LogP contribution is -2.51. The number of aryl methyl sites for hydroxylation is 2. The van der Waals surface area contributed by atoms with Crippen molar-refractivity contribution in [2.45, 2.75) is 77.9 Å². The molecule has 3 aliphatic heterocycles. The summed E-state index contributed by atoms with van der Waals surface area (Å²) >= 11 is 0. The van der Waals surface area contributed by atoms with Crippen LogP contribution in [-0.4, -0.2) is 74.7 Å². The number of ether oxygens (including phenoxy) is 1. The van der Waals surface area contributed by atoms with Crippen molar-refractivity contribution in [1.82, 2.24) is 34.6 Å². The van der Waals surface area contributed by atoms with E-state index in [1.165, 1.54) is 0 Å². The molecule has 0 radical (unpaired) electrons. The van der Waals surface area contributed by atoms with E-state index in [0.717, 1.165) is 109 Å². The van der Waals surface area contributed by atoms with Gasteiger partial charge in [0.1, 0.15) is 5.65 Å². The Labute approximate surface area is 264 Å². The molecule has 2 bridgehead atoms. The number of nitrogens with zero attached hydrogens (tertiary/aromatic N) is 5. The zero-order valence-corrected chi connectivity index (χ0v) is 27.0. The Morgan fingerprint density at radius 1 is 1.04 bits per heavy atom. The highest BCUT2D eigenvalue weighted by molar-refractivity contribution is 6.00. The van der Waals surface area contributed by atoms with E-state index in [1.54, 1.807) is 0 Å². The molecular formula is C35H45N7O3. The minimum absolute atomic E-state index is 0.0707. The van der Waals surface area contributed by atoms with Crippen LogP contribution in [0.2, 0.25) is 0 Å². The second-order valence-electron chi connectivity index (χ2n) is 13.8. The molecule has 3 aliphatic rings. The van der Waals surface area contributed by atoms with Crippen LogP contribution < -0.4 is 10.6 Å². The van der Waals surface area contributed by atoms with Crippen molar-refractivity contribution >= 4 is 33.9 Å². The monoisotopic (exact) mass is 611 g/mol. The number of hydrogen-bond acceptors (Lipinski definition) is 6. The van der Waals surface area contributed by atoms with Crippen LogP contribution in [0.4, 0.5) is 0 Å². The molecule has 0 aliphatic carbocycles. The number of hydrogen-bond donors (Lipinski definition) is 2. The summed E-state index contributed by atoms with van der Waals surface area (Å²) in [4.78, 5) is 39.0. The summed E-state index contributed by atoms with van der Waals surface area (Å²) in [7, 11) is 2.06. The highest BCUT2D eigenvalue weighted by Gasteiger charge is 2.30. The van der Waals surface area contributed by atoms with Crippen molar-refractivity contribution in [3.05, 3.63) is 47.2 Å². The first kappa shape index (κ1) is 29.9. The van der Waals surface area contributed by atoms with Gasteiger partial charge in [-0.25, -0.2) is 9.97 Å². The van der Waals surface area contributed by atoms with Gasteiger partial charge in [-0.1, -0.05) is 33.1 Å². The lowest BCUT2D eigenvalue weighted by molar-refractivity contribution is -0.130. The Bertz CT molecular complexity index is 1760. The standard InChI is InChI=1S/C35H45N7O3/c1-22-27-10-9-24-18-30(42(31(24)38-27)14-8-6-5-7-12-35(2,3)34(44)37-22)32-39-28-19-26-23(17-29(28)40(32)4)11-15-41(33(26)43)20-25-21-45-16-13-36-25/h9-10,17-19,22,25,36H,5-8,11-16,20-21H2,1-4H3,(H,37,44). The lowest BCUT2D eigenvalue weighted by Gasteiger charge is -2.33. The molecule has 4 aromatic rings. The number of morpholine rings is 1. The molecule has 1 saturated heterocycles. The first-order chi connectivity index (χ1) is 21.7. The average Bonchev–Trinajstić information content (AvgIpc) is 3.55. The molecule has 238 valence electrons. The van der Waals surface area contributed by atoms with Crippen LogP contribution in [0, 0.1) is 5.41 Å². The molecule has 1 fully saturated rings. The Hall–Kier alpha value is -3.76. The summed E-state index contributed by atoms with van der Waals surface area (Å²) in [5, 5.41) is 7.74. The summed E-state index contributed by atoms with van der Waals surface area (Å²) in [5.41, 5.74) is 6.07. The molecule has 2 N–H and O–H groups in total. The van der Waals surface area contributed by atoms with Crippen molar-refractivity contribution in [2.75, 3.05) is 32.8 Å². The topological polar surface area (TPSA) is 106 Å². The molecule has 7 rings (SSSR count). The molecule has 2 atom stereocenters. The van der Waals surface area contributed by atoms with E-state index in [4.69, 9.17) is 14.7 Å². The number of carbonyl (C=O) groups is 2. The van der Waals surface area contributed by atoms with Gasteiger partial charge < -0.3 is 29.4 Å². The van der Waals surface area contributed by atoms with Crippen molar-refractivity contribution in [3.8, 4) is 11.5 Å². The van der Waals surface area contributed by atoms with Crippen LogP contribution in [0.5, 0.6) is 0 Å². The van der Waals surface area contributed by atoms with Crippen LogP contribution in [0.3, 0.4) is 0 Å². The molecular weight excluding hydrogens is 566 g/mol. The zero-order valence-electron chi connectivity index (χ0n) is 27.0. The van der Waals surface area contributed by atoms with Gasteiger partial charge in [0.2, 0.25) is 5.91 Å². The van der Waals surface area contributed by atoms with Crippen LogP contribution >= 0.6 is 0 Å². The minimum Gasteiger partial charge on any atom is -0.378 e. The van der Waals surface area contributed by atoms with E-state index >= 15 is 0 Å². The summed E-state index contributed by atoms with van der Waals surface area (Å²) < 4.78 is 10.1. The molecule has 0 saturated carbocycles. The molecule has 6 heterocycles. The van der Waals surface area contributed by atoms with Gasteiger partial charge in [0.05, 0.1) is 41.7 Å². The van der Waals surface area contributed by atoms with Gasteiger partial charge in [0, 0.05) is 55.6 Å². The largest absolute Gasteiger partial charge is 0.378 e. The predicted octanol–water partition coefficient (Wildman–Crippen LogP) is 4.74. The summed E-state index contributed by atoms with van der Waals surface area (Å²) in [6.07, 6.45) is 5.92. The van der Waals surface area contributed by atoms with Gasteiger partial charge >= 0.3 is 0 Å². The lowest BCUT2D eigenvalue weighted by atomic mass is 9.85. The number of benzene rings is 1. The second kappa shape index (κ2) is 11.9. The number of rotatable bonds is 3. The van der Waals surface area contributed by atoms with Crippen molar-refractivity contribution in [1.29, 1.82) is 0 Å². The number of aromatic nitrogens is 4. The Morgan fingerprint density at radius 2 is 1.89 bits per heavy atom. The summed E-state index contributed by atoms with van der Waals surface area (Å²) in [6, 6.07) is 10.4. The maximum Gasteiger partial charge on any atom is 0.254 e. The molecule has 2 amide bonds. The van der Waals surface area contributed by atoms with Gasteiger partial charge in [0.15, 0.2) is 5.82 Å². The first-order valence-electron chi connectivity index (χ1n) is 16.6. The summed E-state index contributed by atoms with van der Waals surface area (Å²) in [6.45, 7) is 10.5. The maximum absolute atomic E-state index is 13.6. The molecule has 0 spiro atoms. The summed E-state index contributed by atoms with van der Waals surface area (Å²) in [5.74, 6) is 1.01. The van der Waals surface area contributed by atoms with Gasteiger partial charge in [0.25, 0.3) is 5.91 Å². The third-order valence-electron chi connectivity index (χ3n) is 10.0. The van der Waals surface area contributed by atoms with E-state index in [1.807, 2.05) is 37.8 Å². The van der Waals surface area contributed by atoms with E-state index in [-0.39, 0.29) is 23.9 Å². The molecule has 2 unspecified atom stereocenters. The number of pyridine rings is 1. The van der Waals surface area contributed by atoms with E-state index in [2.05, 4.69) is 45.0 Å². The maximum atomic E-state index is 13.6. The fourth-order valence-corrected chi connectivity index (χ4v) is 7.19. The number of imidazole rings is 1. The van der Waals surface area contributed by atoms with Crippen molar-refractivity contribution < 1.29 is 14.3 Å². The normalized spacial score (nSPS) is 22.9. The van der Waals surface area contributed by atoms with Crippen molar-refractivity contribution in [3.63, 3.8) is 0 Å². The van der Waals surface area contributed by atoms with Gasteiger partial charge in [-0.15, -0.1) is 0 Å². The quantitative estimate of drug-likeness (QED) is 0.347. The fourth-order valence-electron chi connectivity index (χ4n) is 7.19. The third kappa shape index (κ3) is 5.63. The van der Waals surface area contributed by atoms with Crippen molar-refractivity contribution in [2.24, 2.45) is 12.5 Å². The number of nitrogens with one attached hydrogen (secondary N) is 2. The molecule has 45 heavy (non-hydrogen) atoms. The Kier molecular flexibility index (Phi) is 7.90. The smallest absolute Gasteiger partial charge is 0.254 e. The molecule has 10 heteroatoms. The van der Waals surface area contributed by atoms with E-state index in [9.17, 15) is 9.59 Å². The first-order valence-corrected chi connectivity index (χ1v) is 16.6. The Morgan fingerprint density at radius 3 is 2.71 bits per heavy atom. The van der Waals surface area contributed by atoms with E-state index < -0.39 is 5.41 Å². The number of carbonyl (C=O) groups excluding carboxylic acids is 2. The highest BCUT2D eigenvalue weighted by Crippen LogP contribution is 2.33. The molecule has 10 nitrogen and oxygen atoms in total. The SMILES string of the molecule is CC1NC(=O)C(C)(C)CCCCCCn2c(-c3nc4cc5c(cc4n3C)CCN(CC3COCCN3)C5=O)cc3ccc1nc32. The van der Waals surface area contributed by atoms with Crippen LogP contribution in [0.1, 0.15) is 80.5 Å². The Balaban J connectivity index is 1.25. The molecule has 3 aromatic heterocycles. The zero-order chi connectivity index (χ0) is 31.3. The van der Waals surface area contributed by atoms with Gasteiger partial charge in [-0.05, 0) is 62.1 Å². The second-order valence-corrected chi connectivity index (χ2v) is 13.8. The van der Waals surface area contributed by atoms with Crippen LogP contribution in [0.25, 0.3) is 33.6 Å². The number of amides is 2. The average molecular weight is 612 g/mol. The van der Waals surface area contributed by atoms with Crippen LogP contribution in [0.15, 0.2) is 30.3 Å². The van der Waals surface area contributed by atoms with Crippen LogP contribution in [-0.2, 0) is 29.5 Å². The fraction of sp³-hybridized carbons (Fsp3) is 0.543. The predicted molar refractivity (Wildman–Crippen MR) is 175 cm³/mol. The third-order valence-corrected chi connectivity index (χ3v) is 10.0. The van der Waals surface area contributed by atoms with Gasteiger partial charge in [-0.2, -0.15) is 0 Å². The number of fused-ring (bicyclic) bond motifs is 3. The molecule has 1 aromatic carbocycles. The highest BCUT2D eigenvalue weighted by atomic mass is 16.5. The van der Waals surface area contributed by atoms with Gasteiger partial charge in [-0.3, -0.25) is 9.59 Å².